The lowest BCUT2D eigenvalue weighted by Crippen LogP contribution is -2.04. The zero-order chi connectivity index (χ0) is 12.5. The van der Waals surface area contributed by atoms with Crippen LogP contribution in [-0.2, 0) is 9.47 Å². The monoisotopic (exact) mass is 246 g/mol. The van der Waals surface area contributed by atoms with Crippen molar-refractivity contribution in [3.63, 3.8) is 0 Å². The first-order chi connectivity index (χ1) is 8.79. The lowest BCUT2D eigenvalue weighted by Gasteiger charge is -2.01. The van der Waals surface area contributed by atoms with Gasteiger partial charge in [0, 0.05) is 24.9 Å². The summed E-state index contributed by atoms with van der Waals surface area (Å²) >= 11 is 0. The SMILES string of the molecule is COC(=O)c1cccn2cc(C3CCOC3)nc12. The van der Waals surface area contributed by atoms with Gasteiger partial charge in [-0.2, -0.15) is 0 Å². The molecule has 0 N–H and O–H groups in total. The van der Waals surface area contributed by atoms with Gasteiger partial charge >= 0.3 is 5.97 Å². The Balaban J connectivity index is 2.08. The molecular weight excluding hydrogens is 232 g/mol. The van der Waals surface area contributed by atoms with Gasteiger partial charge in [0.15, 0.2) is 5.65 Å². The summed E-state index contributed by atoms with van der Waals surface area (Å²) in [4.78, 5) is 16.2. The molecule has 0 aliphatic carbocycles. The molecule has 0 aromatic carbocycles. The number of methoxy groups -OCH3 is 1. The highest BCUT2D eigenvalue weighted by Crippen LogP contribution is 2.25. The molecule has 0 radical (unpaired) electrons. The van der Waals surface area contributed by atoms with Crippen LogP contribution in [-0.4, -0.2) is 35.7 Å². The van der Waals surface area contributed by atoms with Crippen molar-refractivity contribution in [2.75, 3.05) is 20.3 Å². The topological polar surface area (TPSA) is 52.8 Å². The maximum atomic E-state index is 11.7. The fourth-order valence-electron chi connectivity index (χ4n) is 2.27. The lowest BCUT2D eigenvalue weighted by molar-refractivity contribution is 0.0602. The quantitative estimate of drug-likeness (QED) is 0.756. The molecule has 5 nitrogen and oxygen atoms in total. The lowest BCUT2D eigenvalue weighted by atomic mass is 10.1. The average Bonchev–Trinajstić information content (AvgIpc) is 3.04. The molecule has 2 aromatic heterocycles. The van der Waals surface area contributed by atoms with Gasteiger partial charge in [-0.1, -0.05) is 0 Å². The molecule has 1 saturated heterocycles. The minimum Gasteiger partial charge on any atom is -0.465 e. The predicted octanol–water partition coefficient (Wildman–Crippen LogP) is 1.62. The Bertz CT molecular complexity index is 585. The van der Waals surface area contributed by atoms with E-state index in [4.69, 9.17) is 9.47 Å². The summed E-state index contributed by atoms with van der Waals surface area (Å²) in [6, 6.07) is 3.54. The van der Waals surface area contributed by atoms with Gasteiger partial charge in [0.1, 0.15) is 5.56 Å². The third kappa shape index (κ3) is 1.76. The number of nitrogens with zero attached hydrogens (tertiary/aromatic N) is 2. The molecular formula is C13H14N2O3. The number of fused-ring (bicyclic) bond motifs is 1. The van der Waals surface area contributed by atoms with Crippen molar-refractivity contribution in [3.05, 3.63) is 35.8 Å². The molecule has 1 fully saturated rings. The second-order valence-corrected chi connectivity index (χ2v) is 4.37. The van der Waals surface area contributed by atoms with E-state index in [2.05, 4.69) is 4.98 Å². The summed E-state index contributed by atoms with van der Waals surface area (Å²) in [5, 5.41) is 0. The molecule has 2 aromatic rings. The highest BCUT2D eigenvalue weighted by molar-refractivity contribution is 5.95. The van der Waals surface area contributed by atoms with E-state index in [9.17, 15) is 4.79 Å². The van der Waals surface area contributed by atoms with Crippen molar-refractivity contribution >= 4 is 11.6 Å². The van der Waals surface area contributed by atoms with Crippen LogP contribution in [0.1, 0.15) is 28.4 Å². The number of hydrogen-bond donors (Lipinski definition) is 0. The van der Waals surface area contributed by atoms with Crippen LogP contribution in [0.25, 0.3) is 5.65 Å². The van der Waals surface area contributed by atoms with Gasteiger partial charge in [0.05, 0.1) is 19.4 Å². The molecule has 3 rings (SSSR count). The largest absolute Gasteiger partial charge is 0.465 e. The Morgan fingerprint density at radius 3 is 3.22 bits per heavy atom. The molecule has 1 unspecified atom stereocenters. The number of carbonyl (C=O) groups excluding carboxylic acids is 1. The molecule has 94 valence electrons. The molecule has 3 heterocycles. The second kappa shape index (κ2) is 4.42. The Kier molecular flexibility index (Phi) is 2.76. The number of ether oxygens (including phenoxy) is 2. The Morgan fingerprint density at radius 2 is 2.50 bits per heavy atom. The van der Waals surface area contributed by atoms with Crippen LogP contribution in [0, 0.1) is 0 Å². The van der Waals surface area contributed by atoms with Gasteiger partial charge in [-0.05, 0) is 18.6 Å². The predicted molar refractivity (Wildman–Crippen MR) is 64.7 cm³/mol. The molecule has 5 heteroatoms. The number of rotatable bonds is 2. The minimum atomic E-state index is -0.361. The number of hydrogen-bond acceptors (Lipinski definition) is 4. The highest BCUT2D eigenvalue weighted by Gasteiger charge is 2.22. The molecule has 0 spiro atoms. The zero-order valence-corrected chi connectivity index (χ0v) is 10.1. The number of carbonyl (C=O) groups is 1. The van der Waals surface area contributed by atoms with E-state index in [0.29, 0.717) is 23.7 Å². The first-order valence-electron chi connectivity index (χ1n) is 5.93. The van der Waals surface area contributed by atoms with Gasteiger partial charge in [0.2, 0.25) is 0 Å². The first kappa shape index (κ1) is 11.2. The van der Waals surface area contributed by atoms with Gasteiger partial charge in [-0.15, -0.1) is 0 Å². The normalized spacial score (nSPS) is 19.3. The van der Waals surface area contributed by atoms with E-state index >= 15 is 0 Å². The Labute approximate surface area is 104 Å². The summed E-state index contributed by atoms with van der Waals surface area (Å²) in [6.07, 6.45) is 4.83. The smallest absolute Gasteiger partial charge is 0.341 e. The first-order valence-corrected chi connectivity index (χ1v) is 5.93. The number of pyridine rings is 1. The fraction of sp³-hybridized carbons (Fsp3) is 0.385. The highest BCUT2D eigenvalue weighted by atomic mass is 16.5. The van der Waals surface area contributed by atoms with Crippen molar-refractivity contribution in [2.45, 2.75) is 12.3 Å². The molecule has 18 heavy (non-hydrogen) atoms. The van der Waals surface area contributed by atoms with Crippen molar-refractivity contribution in [3.8, 4) is 0 Å². The van der Waals surface area contributed by atoms with E-state index < -0.39 is 0 Å². The van der Waals surface area contributed by atoms with E-state index in [1.165, 1.54) is 7.11 Å². The van der Waals surface area contributed by atoms with Gasteiger partial charge in [-0.25, -0.2) is 9.78 Å². The third-order valence-corrected chi connectivity index (χ3v) is 3.25. The van der Waals surface area contributed by atoms with Crippen LogP contribution in [0.2, 0.25) is 0 Å². The van der Waals surface area contributed by atoms with Crippen molar-refractivity contribution < 1.29 is 14.3 Å². The number of aromatic nitrogens is 2. The van der Waals surface area contributed by atoms with Crippen LogP contribution in [0.4, 0.5) is 0 Å². The summed E-state index contributed by atoms with van der Waals surface area (Å²) in [7, 11) is 1.38. The van der Waals surface area contributed by atoms with Crippen LogP contribution < -0.4 is 0 Å². The standard InChI is InChI=1S/C13H14N2O3/c1-17-13(16)10-3-2-5-15-7-11(14-12(10)15)9-4-6-18-8-9/h2-3,5,7,9H,4,6,8H2,1H3. The maximum absolute atomic E-state index is 11.7. The van der Waals surface area contributed by atoms with Crippen LogP contribution >= 0.6 is 0 Å². The van der Waals surface area contributed by atoms with Crippen molar-refractivity contribution in [1.29, 1.82) is 0 Å². The summed E-state index contributed by atoms with van der Waals surface area (Å²) < 4.78 is 12.0. The Morgan fingerprint density at radius 1 is 1.61 bits per heavy atom. The van der Waals surface area contributed by atoms with Crippen molar-refractivity contribution in [1.82, 2.24) is 9.38 Å². The summed E-state index contributed by atoms with van der Waals surface area (Å²) in [6.45, 7) is 1.49. The number of imidazole rings is 1. The minimum absolute atomic E-state index is 0.329. The van der Waals surface area contributed by atoms with Crippen molar-refractivity contribution in [2.24, 2.45) is 0 Å². The summed E-state index contributed by atoms with van der Waals surface area (Å²) in [5.41, 5.74) is 2.11. The van der Waals surface area contributed by atoms with Crippen LogP contribution in [0.5, 0.6) is 0 Å². The molecule has 1 aliphatic heterocycles. The fourth-order valence-corrected chi connectivity index (χ4v) is 2.27. The zero-order valence-electron chi connectivity index (χ0n) is 10.1. The molecule has 1 atom stereocenters. The molecule has 1 aliphatic rings. The number of esters is 1. The van der Waals surface area contributed by atoms with E-state index in [-0.39, 0.29) is 5.97 Å². The maximum Gasteiger partial charge on any atom is 0.341 e. The van der Waals surface area contributed by atoms with E-state index in [0.717, 1.165) is 18.7 Å². The van der Waals surface area contributed by atoms with E-state index in [1.807, 2.05) is 22.9 Å². The van der Waals surface area contributed by atoms with Crippen LogP contribution in [0.3, 0.4) is 0 Å². The van der Waals surface area contributed by atoms with Crippen LogP contribution in [0.15, 0.2) is 24.5 Å². The molecule has 0 saturated carbocycles. The third-order valence-electron chi connectivity index (χ3n) is 3.25. The van der Waals surface area contributed by atoms with Gasteiger partial charge in [0.25, 0.3) is 0 Å². The second-order valence-electron chi connectivity index (χ2n) is 4.37. The molecule has 0 amide bonds. The van der Waals surface area contributed by atoms with Gasteiger partial charge < -0.3 is 13.9 Å². The van der Waals surface area contributed by atoms with Gasteiger partial charge in [-0.3, -0.25) is 0 Å². The average molecular weight is 246 g/mol. The Hall–Kier alpha value is -1.88. The molecule has 0 bridgehead atoms. The summed E-state index contributed by atoms with van der Waals surface area (Å²) in [5.74, 6) is -0.0316. The van der Waals surface area contributed by atoms with E-state index in [1.54, 1.807) is 6.07 Å².